The van der Waals surface area contributed by atoms with Gasteiger partial charge in [-0.3, -0.25) is 0 Å². The molecule has 19 heavy (non-hydrogen) atoms. The van der Waals surface area contributed by atoms with Crippen LogP contribution in [0.4, 0.5) is 0 Å². The van der Waals surface area contributed by atoms with Gasteiger partial charge in [0.2, 0.25) is 0 Å². The molecule has 1 aliphatic rings. The zero-order chi connectivity index (χ0) is 13.5. The molecule has 0 radical (unpaired) electrons. The van der Waals surface area contributed by atoms with Crippen molar-refractivity contribution >= 4 is 0 Å². The van der Waals surface area contributed by atoms with E-state index in [1.54, 1.807) is 0 Å². The second kappa shape index (κ2) is 7.54. The van der Waals surface area contributed by atoms with E-state index in [9.17, 15) is 5.11 Å². The summed E-state index contributed by atoms with van der Waals surface area (Å²) in [6.07, 6.45) is 8.51. The van der Waals surface area contributed by atoms with Crippen LogP contribution in [0.2, 0.25) is 0 Å². The maximum Gasteiger partial charge on any atom is 0.119 e. The van der Waals surface area contributed by atoms with Gasteiger partial charge >= 0.3 is 0 Å². The van der Waals surface area contributed by atoms with E-state index in [4.69, 9.17) is 4.74 Å². The highest BCUT2D eigenvalue weighted by molar-refractivity contribution is 5.29. The van der Waals surface area contributed by atoms with E-state index in [1.165, 1.54) is 38.5 Å². The molecule has 2 nitrogen and oxygen atoms in total. The van der Waals surface area contributed by atoms with Crippen LogP contribution in [0.5, 0.6) is 5.75 Å². The third kappa shape index (κ3) is 4.54. The van der Waals surface area contributed by atoms with E-state index in [0.29, 0.717) is 12.5 Å². The van der Waals surface area contributed by atoms with Crippen molar-refractivity contribution in [1.29, 1.82) is 0 Å². The molecule has 0 spiro atoms. The van der Waals surface area contributed by atoms with Crippen molar-refractivity contribution < 1.29 is 9.84 Å². The molecule has 0 bridgehead atoms. The maximum absolute atomic E-state index is 10.4. The molecule has 1 aromatic carbocycles. The second-order valence-corrected chi connectivity index (χ2v) is 5.61. The van der Waals surface area contributed by atoms with Crippen molar-refractivity contribution in [3.8, 4) is 5.75 Å². The Morgan fingerprint density at radius 2 is 1.95 bits per heavy atom. The van der Waals surface area contributed by atoms with Gasteiger partial charge in [0.1, 0.15) is 5.75 Å². The van der Waals surface area contributed by atoms with Crippen LogP contribution in [0.25, 0.3) is 0 Å². The fraction of sp³-hybridized carbons (Fsp3) is 0.647. The van der Waals surface area contributed by atoms with Crippen molar-refractivity contribution in [2.75, 3.05) is 6.61 Å². The minimum atomic E-state index is -0.344. The van der Waals surface area contributed by atoms with Gasteiger partial charge in [0.05, 0.1) is 12.7 Å². The Morgan fingerprint density at radius 3 is 2.63 bits per heavy atom. The van der Waals surface area contributed by atoms with Gasteiger partial charge in [0, 0.05) is 0 Å². The minimum Gasteiger partial charge on any atom is -0.494 e. The van der Waals surface area contributed by atoms with Gasteiger partial charge in [0.25, 0.3) is 0 Å². The molecule has 2 rings (SSSR count). The molecule has 0 aliphatic heterocycles. The van der Waals surface area contributed by atoms with Crippen LogP contribution in [0.15, 0.2) is 24.3 Å². The molecule has 0 heterocycles. The first-order valence-corrected chi connectivity index (χ1v) is 7.70. The number of rotatable bonds is 5. The summed E-state index contributed by atoms with van der Waals surface area (Å²) in [5.74, 6) is 1.55. The van der Waals surface area contributed by atoms with Crippen LogP contribution in [0.3, 0.4) is 0 Å². The zero-order valence-corrected chi connectivity index (χ0v) is 12.0. The first kappa shape index (κ1) is 14.4. The summed E-state index contributed by atoms with van der Waals surface area (Å²) in [4.78, 5) is 0. The predicted octanol–water partition coefficient (Wildman–Crippen LogP) is 4.48. The Labute approximate surface area is 116 Å². The van der Waals surface area contributed by atoms with Gasteiger partial charge in [-0.25, -0.2) is 0 Å². The van der Waals surface area contributed by atoms with Crippen LogP contribution >= 0.6 is 0 Å². The summed E-state index contributed by atoms with van der Waals surface area (Å²) in [5, 5.41) is 10.4. The summed E-state index contributed by atoms with van der Waals surface area (Å²) in [6, 6.07) is 7.90. The van der Waals surface area contributed by atoms with Gasteiger partial charge in [-0.1, -0.05) is 50.7 Å². The molecule has 0 saturated heterocycles. The van der Waals surface area contributed by atoms with Crippen molar-refractivity contribution in [3.05, 3.63) is 29.8 Å². The predicted molar refractivity (Wildman–Crippen MR) is 78.4 cm³/mol. The Balaban J connectivity index is 1.94. The van der Waals surface area contributed by atoms with Gasteiger partial charge < -0.3 is 9.84 Å². The van der Waals surface area contributed by atoms with Gasteiger partial charge in [-0.05, 0) is 37.0 Å². The monoisotopic (exact) mass is 262 g/mol. The summed E-state index contributed by atoms with van der Waals surface area (Å²) >= 11 is 0. The number of hydrogen-bond donors (Lipinski definition) is 1. The molecule has 1 atom stereocenters. The maximum atomic E-state index is 10.4. The van der Waals surface area contributed by atoms with Crippen LogP contribution in [0, 0.1) is 5.92 Å². The van der Waals surface area contributed by atoms with E-state index < -0.39 is 0 Å². The molecule has 1 aliphatic carbocycles. The Kier molecular flexibility index (Phi) is 5.71. The van der Waals surface area contributed by atoms with Crippen molar-refractivity contribution in [2.45, 2.75) is 58.0 Å². The molecule has 1 fully saturated rings. The molecule has 1 aromatic rings. The lowest BCUT2D eigenvalue weighted by Gasteiger charge is -2.19. The number of hydrogen-bond acceptors (Lipinski definition) is 2. The Morgan fingerprint density at radius 1 is 1.21 bits per heavy atom. The van der Waals surface area contributed by atoms with Gasteiger partial charge in [-0.2, -0.15) is 0 Å². The largest absolute Gasteiger partial charge is 0.494 e. The summed E-state index contributed by atoms with van der Waals surface area (Å²) < 4.78 is 5.50. The molecule has 0 amide bonds. The number of benzene rings is 1. The number of aliphatic hydroxyl groups excluding tert-OH is 1. The topological polar surface area (TPSA) is 29.5 Å². The highest BCUT2D eigenvalue weighted by Crippen LogP contribution is 2.31. The Bertz CT molecular complexity index is 367. The minimum absolute atomic E-state index is 0.344. The molecule has 2 heteroatoms. The average molecular weight is 262 g/mol. The number of ether oxygens (including phenoxy) is 1. The first-order chi connectivity index (χ1) is 9.29. The summed E-state index contributed by atoms with van der Waals surface area (Å²) in [5.41, 5.74) is 0.996. The smallest absolute Gasteiger partial charge is 0.119 e. The van der Waals surface area contributed by atoms with Crippen LogP contribution in [-0.4, -0.2) is 11.7 Å². The van der Waals surface area contributed by atoms with Crippen LogP contribution < -0.4 is 4.74 Å². The van der Waals surface area contributed by atoms with E-state index in [-0.39, 0.29) is 6.10 Å². The fourth-order valence-electron chi connectivity index (χ4n) is 3.03. The van der Waals surface area contributed by atoms with E-state index in [0.717, 1.165) is 17.7 Å². The molecule has 1 saturated carbocycles. The van der Waals surface area contributed by atoms with E-state index in [2.05, 4.69) is 0 Å². The van der Waals surface area contributed by atoms with E-state index >= 15 is 0 Å². The third-order valence-electron chi connectivity index (χ3n) is 4.09. The van der Waals surface area contributed by atoms with E-state index in [1.807, 2.05) is 31.2 Å². The molecular formula is C17H26O2. The number of aliphatic hydroxyl groups is 1. The molecular weight excluding hydrogens is 236 g/mol. The highest BCUT2D eigenvalue weighted by atomic mass is 16.5. The normalized spacial score (nSPS) is 18.8. The quantitative estimate of drug-likeness (QED) is 0.793. The lowest BCUT2D eigenvalue weighted by atomic mass is 9.91. The SMILES string of the molecule is CCOc1cccc(C(O)CC2CCCCCC2)c1. The van der Waals surface area contributed by atoms with Crippen molar-refractivity contribution in [2.24, 2.45) is 5.92 Å². The fourth-order valence-corrected chi connectivity index (χ4v) is 3.03. The lowest BCUT2D eigenvalue weighted by molar-refractivity contribution is 0.138. The molecule has 106 valence electrons. The van der Waals surface area contributed by atoms with Crippen molar-refractivity contribution in [1.82, 2.24) is 0 Å². The second-order valence-electron chi connectivity index (χ2n) is 5.61. The van der Waals surface area contributed by atoms with Crippen molar-refractivity contribution in [3.63, 3.8) is 0 Å². The van der Waals surface area contributed by atoms with Crippen LogP contribution in [-0.2, 0) is 0 Å². The van der Waals surface area contributed by atoms with Gasteiger partial charge in [0.15, 0.2) is 0 Å². The standard InChI is InChI=1S/C17H26O2/c1-2-19-16-11-7-10-15(13-16)17(18)12-14-8-5-3-4-6-9-14/h7,10-11,13-14,17-18H,2-6,8-9,12H2,1H3. The highest BCUT2D eigenvalue weighted by Gasteiger charge is 2.18. The summed E-state index contributed by atoms with van der Waals surface area (Å²) in [7, 11) is 0. The first-order valence-electron chi connectivity index (χ1n) is 7.70. The Hall–Kier alpha value is -1.02. The van der Waals surface area contributed by atoms with Gasteiger partial charge in [-0.15, -0.1) is 0 Å². The molecule has 0 aromatic heterocycles. The summed E-state index contributed by atoms with van der Waals surface area (Å²) in [6.45, 7) is 2.65. The zero-order valence-electron chi connectivity index (χ0n) is 12.0. The average Bonchev–Trinajstić information content (AvgIpc) is 2.68. The molecule has 1 N–H and O–H groups in total. The van der Waals surface area contributed by atoms with Crippen LogP contribution in [0.1, 0.15) is 63.5 Å². The third-order valence-corrected chi connectivity index (χ3v) is 4.09. The lowest BCUT2D eigenvalue weighted by Crippen LogP contribution is -2.07. The molecule has 1 unspecified atom stereocenters.